The highest BCUT2D eigenvalue weighted by Gasteiger charge is 2.28. The molecule has 1 nitrogen and oxygen atoms in total. The fourth-order valence-corrected chi connectivity index (χ4v) is 2.87. The molecular formula is C10H16OP+. The summed E-state index contributed by atoms with van der Waals surface area (Å²) < 4.78 is 5.73. The van der Waals surface area contributed by atoms with E-state index in [2.05, 4.69) is 37.6 Å². The summed E-state index contributed by atoms with van der Waals surface area (Å²) in [6.45, 7) is 7.25. The number of rotatable bonds is 3. The first-order chi connectivity index (χ1) is 5.67. The fraction of sp³-hybridized carbons (Fsp3) is 0.400. The van der Waals surface area contributed by atoms with E-state index in [0.717, 1.165) is 6.61 Å². The Kier molecular flexibility index (Phi) is 3.25. The number of hydrogen-bond donors (Lipinski definition) is 0. The highest BCUT2D eigenvalue weighted by atomic mass is 31.2. The smallest absolute Gasteiger partial charge is 0.172 e. The van der Waals surface area contributed by atoms with Gasteiger partial charge in [0.05, 0.1) is 19.9 Å². The summed E-state index contributed by atoms with van der Waals surface area (Å²) in [5.41, 5.74) is 0. The molecule has 0 saturated heterocycles. The summed E-state index contributed by atoms with van der Waals surface area (Å²) in [4.78, 5) is 0. The van der Waals surface area contributed by atoms with Crippen LogP contribution in [0, 0.1) is 0 Å². The van der Waals surface area contributed by atoms with Gasteiger partial charge in [-0.1, -0.05) is 18.2 Å². The first kappa shape index (κ1) is 9.70. The van der Waals surface area contributed by atoms with Gasteiger partial charge in [0.15, 0.2) is 7.49 Å². The second kappa shape index (κ2) is 4.02. The molecule has 0 heterocycles. The minimum absolute atomic E-state index is 0.801. The van der Waals surface area contributed by atoms with E-state index in [1.807, 2.05) is 13.0 Å². The van der Waals surface area contributed by atoms with E-state index in [9.17, 15) is 0 Å². The Labute approximate surface area is 75.2 Å². The van der Waals surface area contributed by atoms with Crippen molar-refractivity contribution >= 4 is 12.8 Å². The van der Waals surface area contributed by atoms with Crippen LogP contribution in [-0.2, 0) is 4.52 Å². The summed E-state index contributed by atoms with van der Waals surface area (Å²) in [6, 6.07) is 10.5. The standard InChI is InChI=1S/C10H16OP/c1-4-11-12(2,3)10-8-6-5-7-9-10/h5-9H,4H2,1-3H3/q+1. The molecule has 0 fully saturated rings. The summed E-state index contributed by atoms with van der Waals surface area (Å²) in [5, 5.41) is 1.34. The summed E-state index contributed by atoms with van der Waals surface area (Å²) in [7, 11) is -1.29. The highest BCUT2D eigenvalue weighted by molar-refractivity contribution is 7.77. The van der Waals surface area contributed by atoms with Gasteiger partial charge in [-0.15, -0.1) is 0 Å². The van der Waals surface area contributed by atoms with E-state index in [1.54, 1.807) is 0 Å². The van der Waals surface area contributed by atoms with E-state index < -0.39 is 7.49 Å². The molecule has 0 amide bonds. The monoisotopic (exact) mass is 183 g/mol. The van der Waals surface area contributed by atoms with Crippen LogP contribution in [0.4, 0.5) is 0 Å². The van der Waals surface area contributed by atoms with Crippen LogP contribution in [0.3, 0.4) is 0 Å². The van der Waals surface area contributed by atoms with Crippen LogP contribution in [0.2, 0.25) is 0 Å². The molecule has 12 heavy (non-hydrogen) atoms. The molecule has 0 atom stereocenters. The van der Waals surface area contributed by atoms with Crippen molar-refractivity contribution in [2.24, 2.45) is 0 Å². The first-order valence-electron chi connectivity index (χ1n) is 4.21. The van der Waals surface area contributed by atoms with E-state index >= 15 is 0 Å². The van der Waals surface area contributed by atoms with Crippen LogP contribution in [0.1, 0.15) is 6.92 Å². The first-order valence-corrected chi connectivity index (χ1v) is 6.81. The molecule has 0 bridgehead atoms. The van der Waals surface area contributed by atoms with Gasteiger partial charge in [-0.25, -0.2) is 4.52 Å². The average molecular weight is 183 g/mol. The van der Waals surface area contributed by atoms with Crippen molar-refractivity contribution in [1.29, 1.82) is 0 Å². The van der Waals surface area contributed by atoms with Crippen molar-refractivity contribution in [3.63, 3.8) is 0 Å². The van der Waals surface area contributed by atoms with Gasteiger partial charge in [0, 0.05) is 0 Å². The topological polar surface area (TPSA) is 9.23 Å². The fourth-order valence-electron chi connectivity index (χ4n) is 1.18. The third-order valence-electron chi connectivity index (χ3n) is 1.83. The average Bonchev–Trinajstić information content (AvgIpc) is 2.06. The molecule has 0 unspecified atom stereocenters. The summed E-state index contributed by atoms with van der Waals surface area (Å²) >= 11 is 0. The molecule has 0 aliphatic carbocycles. The summed E-state index contributed by atoms with van der Waals surface area (Å²) in [6.07, 6.45) is 0. The molecule has 0 N–H and O–H groups in total. The van der Waals surface area contributed by atoms with Gasteiger partial charge in [0.1, 0.15) is 5.30 Å². The number of benzene rings is 1. The zero-order valence-corrected chi connectivity index (χ0v) is 8.84. The van der Waals surface area contributed by atoms with Gasteiger partial charge >= 0.3 is 0 Å². The normalized spacial score (nSPS) is 11.6. The van der Waals surface area contributed by atoms with E-state index in [-0.39, 0.29) is 0 Å². The lowest BCUT2D eigenvalue weighted by atomic mass is 10.4. The van der Waals surface area contributed by atoms with Crippen LogP contribution in [0.15, 0.2) is 30.3 Å². The Balaban J connectivity index is 2.82. The molecule has 1 aromatic carbocycles. The lowest BCUT2D eigenvalue weighted by molar-refractivity contribution is 0.376. The van der Waals surface area contributed by atoms with Crippen LogP contribution >= 0.6 is 7.49 Å². The minimum atomic E-state index is -1.29. The molecule has 0 spiro atoms. The van der Waals surface area contributed by atoms with E-state index in [4.69, 9.17) is 4.52 Å². The Bertz CT molecular complexity index is 231. The van der Waals surface area contributed by atoms with Gasteiger partial charge in [-0.2, -0.15) is 0 Å². The maximum Gasteiger partial charge on any atom is 0.172 e. The predicted octanol–water partition coefficient (Wildman–Crippen LogP) is 2.54. The summed E-state index contributed by atoms with van der Waals surface area (Å²) in [5.74, 6) is 0. The maximum atomic E-state index is 5.73. The van der Waals surface area contributed by atoms with Gasteiger partial charge < -0.3 is 0 Å². The van der Waals surface area contributed by atoms with Crippen LogP contribution in [0.5, 0.6) is 0 Å². The molecule has 1 aromatic rings. The second-order valence-electron chi connectivity index (χ2n) is 3.10. The van der Waals surface area contributed by atoms with Crippen molar-refractivity contribution in [2.45, 2.75) is 6.92 Å². The van der Waals surface area contributed by atoms with Crippen LogP contribution < -0.4 is 5.30 Å². The largest absolute Gasteiger partial charge is 0.234 e. The maximum absolute atomic E-state index is 5.73. The van der Waals surface area contributed by atoms with Crippen LogP contribution in [-0.4, -0.2) is 19.9 Å². The van der Waals surface area contributed by atoms with Crippen molar-refractivity contribution in [3.8, 4) is 0 Å². The molecule has 66 valence electrons. The Morgan fingerprint density at radius 1 is 1.17 bits per heavy atom. The molecule has 1 rings (SSSR count). The van der Waals surface area contributed by atoms with E-state index in [0.29, 0.717) is 0 Å². The van der Waals surface area contributed by atoms with Gasteiger partial charge in [-0.05, 0) is 19.1 Å². The van der Waals surface area contributed by atoms with Crippen LogP contribution in [0.25, 0.3) is 0 Å². The molecule has 0 aromatic heterocycles. The third kappa shape index (κ3) is 2.30. The molecule has 0 radical (unpaired) electrons. The zero-order chi connectivity index (χ0) is 9.03. The van der Waals surface area contributed by atoms with Gasteiger partial charge in [0.25, 0.3) is 0 Å². The number of hydrogen-bond acceptors (Lipinski definition) is 1. The SMILES string of the molecule is CCO[P+](C)(C)c1ccccc1. The second-order valence-corrected chi connectivity index (χ2v) is 6.58. The van der Waals surface area contributed by atoms with Crippen molar-refractivity contribution in [3.05, 3.63) is 30.3 Å². The quantitative estimate of drug-likeness (QED) is 0.654. The van der Waals surface area contributed by atoms with Gasteiger partial charge in [-0.3, -0.25) is 0 Å². The van der Waals surface area contributed by atoms with Crippen molar-refractivity contribution in [2.75, 3.05) is 19.9 Å². The van der Waals surface area contributed by atoms with Gasteiger partial charge in [0.2, 0.25) is 0 Å². The zero-order valence-electron chi connectivity index (χ0n) is 7.95. The molecular weight excluding hydrogens is 167 g/mol. The Morgan fingerprint density at radius 2 is 1.75 bits per heavy atom. The van der Waals surface area contributed by atoms with E-state index in [1.165, 1.54) is 5.30 Å². The Morgan fingerprint density at radius 3 is 2.25 bits per heavy atom. The minimum Gasteiger partial charge on any atom is -0.234 e. The predicted molar refractivity (Wildman–Crippen MR) is 56.5 cm³/mol. The highest BCUT2D eigenvalue weighted by Crippen LogP contribution is 2.50. The lowest BCUT2D eigenvalue weighted by Gasteiger charge is -2.15. The lowest BCUT2D eigenvalue weighted by Crippen LogP contribution is -2.11. The molecule has 0 saturated carbocycles. The molecule has 0 aliphatic rings. The Hall–Kier alpha value is -0.390. The van der Waals surface area contributed by atoms with Crippen molar-refractivity contribution < 1.29 is 4.52 Å². The third-order valence-corrected chi connectivity index (χ3v) is 4.28. The molecule has 2 heteroatoms. The molecule has 0 aliphatic heterocycles. The van der Waals surface area contributed by atoms with Crippen molar-refractivity contribution in [1.82, 2.24) is 0 Å².